The molecule has 3 rings (SSSR count). The fourth-order valence-corrected chi connectivity index (χ4v) is 3.91. The van der Waals surface area contributed by atoms with Crippen molar-refractivity contribution in [2.45, 2.75) is 19.1 Å². The quantitative estimate of drug-likeness (QED) is 0.707. The van der Waals surface area contributed by atoms with Crippen molar-refractivity contribution in [3.8, 4) is 11.3 Å². The van der Waals surface area contributed by atoms with E-state index in [0.29, 0.717) is 18.1 Å². The Kier molecular flexibility index (Phi) is 6.02. The number of rotatable bonds is 4. The molecule has 1 aromatic heterocycles. The topological polar surface area (TPSA) is 59.8 Å². The molecule has 1 aromatic carbocycles. The highest BCUT2D eigenvalue weighted by Gasteiger charge is 2.35. The average Bonchev–Trinajstić information content (AvgIpc) is 3.17. The molecule has 1 saturated heterocycles. The number of alkyl halides is 3. The third-order valence-corrected chi connectivity index (χ3v) is 5.26. The van der Waals surface area contributed by atoms with Gasteiger partial charge in [-0.15, -0.1) is 0 Å². The van der Waals surface area contributed by atoms with E-state index in [2.05, 4.69) is 0 Å². The van der Waals surface area contributed by atoms with E-state index in [1.807, 2.05) is 0 Å². The van der Waals surface area contributed by atoms with Crippen molar-refractivity contribution in [2.24, 2.45) is 0 Å². The van der Waals surface area contributed by atoms with Gasteiger partial charge < -0.3 is 14.1 Å². The molecular formula is C19H18F3NO4S. The predicted octanol–water partition coefficient (Wildman–Crippen LogP) is 4.09. The molecule has 5 nitrogen and oxygen atoms in total. The van der Waals surface area contributed by atoms with Crippen LogP contribution in [0.5, 0.6) is 0 Å². The van der Waals surface area contributed by atoms with E-state index in [1.54, 1.807) is 18.7 Å². The summed E-state index contributed by atoms with van der Waals surface area (Å²) in [6.07, 6.45) is -4.47. The minimum atomic E-state index is -4.47. The summed E-state index contributed by atoms with van der Waals surface area (Å²) in [5, 5.41) is 0. The van der Waals surface area contributed by atoms with Gasteiger partial charge >= 0.3 is 12.1 Å². The van der Waals surface area contributed by atoms with Gasteiger partial charge in [-0.1, -0.05) is 12.1 Å². The zero-order valence-electron chi connectivity index (χ0n) is 15.0. The third-order valence-electron chi connectivity index (χ3n) is 4.24. The monoisotopic (exact) mass is 413 g/mol. The Morgan fingerprint density at radius 2 is 2.07 bits per heavy atom. The first-order chi connectivity index (χ1) is 13.3. The van der Waals surface area contributed by atoms with Gasteiger partial charge in [0.15, 0.2) is 5.76 Å². The molecule has 0 radical (unpaired) electrons. The van der Waals surface area contributed by atoms with Crippen LogP contribution in [0.3, 0.4) is 0 Å². The molecule has 28 heavy (non-hydrogen) atoms. The summed E-state index contributed by atoms with van der Waals surface area (Å²) in [6, 6.07) is 6.82. The van der Waals surface area contributed by atoms with Gasteiger partial charge in [-0.25, -0.2) is 4.79 Å². The Morgan fingerprint density at radius 3 is 2.79 bits per heavy atom. The van der Waals surface area contributed by atoms with Gasteiger partial charge in [-0.05, 0) is 31.2 Å². The van der Waals surface area contributed by atoms with Gasteiger partial charge in [0.05, 0.1) is 12.2 Å². The van der Waals surface area contributed by atoms with Gasteiger partial charge in [0, 0.05) is 23.6 Å². The van der Waals surface area contributed by atoms with Crippen LogP contribution >= 0.6 is 11.8 Å². The molecule has 2 heterocycles. The van der Waals surface area contributed by atoms with Crippen LogP contribution in [0.4, 0.5) is 13.2 Å². The number of halogens is 3. The van der Waals surface area contributed by atoms with Crippen molar-refractivity contribution in [2.75, 3.05) is 24.7 Å². The molecular weight excluding hydrogens is 395 g/mol. The number of thioether (sulfide) groups is 1. The van der Waals surface area contributed by atoms with E-state index in [-0.39, 0.29) is 23.7 Å². The van der Waals surface area contributed by atoms with Crippen LogP contribution in [0, 0.1) is 0 Å². The maximum atomic E-state index is 12.9. The van der Waals surface area contributed by atoms with Crippen LogP contribution in [0.1, 0.15) is 23.0 Å². The Labute approximate surface area is 163 Å². The minimum Gasteiger partial charge on any atom is -0.464 e. The zero-order chi connectivity index (χ0) is 20.3. The summed E-state index contributed by atoms with van der Waals surface area (Å²) in [5.74, 6) is 0.237. The SMILES string of the molecule is CCOC(=O)[C@H]1CSCCN1C(=O)c1ccc(-c2cccc(C(F)(F)F)c2)o1. The van der Waals surface area contributed by atoms with Crippen molar-refractivity contribution in [3.63, 3.8) is 0 Å². The first-order valence-corrected chi connectivity index (χ1v) is 9.79. The smallest absolute Gasteiger partial charge is 0.416 e. The van der Waals surface area contributed by atoms with E-state index in [4.69, 9.17) is 9.15 Å². The number of amides is 1. The number of hydrogen-bond donors (Lipinski definition) is 0. The van der Waals surface area contributed by atoms with Crippen LogP contribution in [-0.2, 0) is 15.7 Å². The van der Waals surface area contributed by atoms with Crippen molar-refractivity contribution in [3.05, 3.63) is 47.7 Å². The van der Waals surface area contributed by atoms with Crippen LogP contribution in [0.15, 0.2) is 40.8 Å². The number of ether oxygens (including phenoxy) is 1. The maximum absolute atomic E-state index is 12.9. The standard InChI is InChI=1S/C19H18F3NO4S/c1-2-26-18(25)14-11-28-9-8-23(14)17(24)16-7-6-15(27-16)12-4-3-5-13(10-12)19(20,21)22/h3-7,10,14H,2,8-9,11H2,1H3/t14-/m1/s1. The largest absolute Gasteiger partial charge is 0.464 e. The number of nitrogens with zero attached hydrogens (tertiary/aromatic N) is 1. The van der Waals surface area contributed by atoms with Crippen molar-refractivity contribution >= 4 is 23.6 Å². The van der Waals surface area contributed by atoms with Gasteiger partial charge in [0.1, 0.15) is 11.8 Å². The molecule has 1 atom stereocenters. The number of benzene rings is 1. The first kappa shape index (κ1) is 20.3. The molecule has 0 bridgehead atoms. The van der Waals surface area contributed by atoms with Gasteiger partial charge in [-0.2, -0.15) is 24.9 Å². The summed E-state index contributed by atoms with van der Waals surface area (Å²) in [4.78, 5) is 26.4. The van der Waals surface area contributed by atoms with Crippen molar-refractivity contribution in [1.82, 2.24) is 4.90 Å². The summed E-state index contributed by atoms with van der Waals surface area (Å²) in [7, 11) is 0. The van der Waals surface area contributed by atoms with E-state index < -0.39 is 29.7 Å². The first-order valence-electron chi connectivity index (χ1n) is 8.64. The van der Waals surface area contributed by atoms with E-state index >= 15 is 0 Å². The molecule has 1 amide bonds. The number of carbonyl (C=O) groups is 2. The lowest BCUT2D eigenvalue weighted by molar-refractivity contribution is -0.147. The Morgan fingerprint density at radius 1 is 1.29 bits per heavy atom. The van der Waals surface area contributed by atoms with E-state index in [9.17, 15) is 22.8 Å². The zero-order valence-corrected chi connectivity index (χ0v) is 15.8. The second-order valence-corrected chi connectivity index (χ2v) is 7.23. The molecule has 150 valence electrons. The fraction of sp³-hybridized carbons (Fsp3) is 0.368. The second kappa shape index (κ2) is 8.30. The average molecular weight is 413 g/mol. The summed E-state index contributed by atoms with van der Waals surface area (Å²) < 4.78 is 49.3. The molecule has 1 fully saturated rings. The number of hydrogen-bond acceptors (Lipinski definition) is 5. The van der Waals surface area contributed by atoms with Gasteiger partial charge in [-0.3, -0.25) is 4.79 Å². The highest BCUT2D eigenvalue weighted by molar-refractivity contribution is 7.99. The van der Waals surface area contributed by atoms with Crippen LogP contribution < -0.4 is 0 Å². The van der Waals surface area contributed by atoms with Crippen molar-refractivity contribution < 1.29 is 31.9 Å². The van der Waals surface area contributed by atoms with Gasteiger partial charge in [0.2, 0.25) is 0 Å². The van der Waals surface area contributed by atoms with Crippen LogP contribution in [0.2, 0.25) is 0 Å². The molecule has 1 aliphatic heterocycles. The molecule has 0 aliphatic carbocycles. The second-order valence-electron chi connectivity index (χ2n) is 6.08. The number of esters is 1. The molecule has 0 spiro atoms. The summed E-state index contributed by atoms with van der Waals surface area (Å²) in [6.45, 7) is 2.25. The maximum Gasteiger partial charge on any atom is 0.416 e. The molecule has 1 aliphatic rings. The minimum absolute atomic E-state index is 0.0337. The summed E-state index contributed by atoms with van der Waals surface area (Å²) >= 11 is 1.55. The third kappa shape index (κ3) is 4.35. The molecule has 0 unspecified atom stereocenters. The lowest BCUT2D eigenvalue weighted by Gasteiger charge is -2.32. The number of carbonyl (C=O) groups excluding carboxylic acids is 2. The predicted molar refractivity (Wildman–Crippen MR) is 97.9 cm³/mol. The lowest BCUT2D eigenvalue weighted by Crippen LogP contribution is -2.50. The summed E-state index contributed by atoms with van der Waals surface area (Å²) in [5.41, 5.74) is -0.588. The van der Waals surface area contributed by atoms with Crippen molar-refractivity contribution in [1.29, 1.82) is 0 Å². The molecule has 0 N–H and O–H groups in total. The number of furan rings is 1. The van der Waals surface area contributed by atoms with Gasteiger partial charge in [0.25, 0.3) is 5.91 Å². The molecule has 2 aromatic rings. The highest BCUT2D eigenvalue weighted by atomic mass is 32.2. The fourth-order valence-electron chi connectivity index (χ4n) is 2.88. The highest BCUT2D eigenvalue weighted by Crippen LogP contribution is 2.33. The van der Waals surface area contributed by atoms with Crippen LogP contribution in [0.25, 0.3) is 11.3 Å². The Bertz CT molecular complexity index is 865. The van der Waals surface area contributed by atoms with E-state index in [0.717, 1.165) is 12.1 Å². The lowest BCUT2D eigenvalue weighted by atomic mass is 10.1. The molecule has 9 heteroatoms. The van der Waals surface area contributed by atoms with Crippen LogP contribution in [-0.4, -0.2) is 47.5 Å². The Balaban J connectivity index is 1.83. The van der Waals surface area contributed by atoms with E-state index in [1.165, 1.54) is 29.2 Å². The normalized spacial score (nSPS) is 17.4. The Hall–Kier alpha value is -2.42. The molecule has 0 saturated carbocycles.